The molecule has 2 aromatic rings. The molecule has 0 saturated carbocycles. The number of aromatic amines is 1. The number of benzene rings is 1. The van der Waals surface area contributed by atoms with Crippen LogP contribution in [0.5, 0.6) is 0 Å². The Morgan fingerprint density at radius 3 is 3.00 bits per heavy atom. The highest BCUT2D eigenvalue weighted by Gasteiger charge is 2.10. The minimum absolute atomic E-state index is 0.146. The van der Waals surface area contributed by atoms with E-state index in [1.165, 1.54) is 0 Å². The molecule has 0 aliphatic heterocycles. The molecule has 4 nitrogen and oxygen atoms in total. The van der Waals surface area contributed by atoms with Gasteiger partial charge in [0.15, 0.2) is 0 Å². The van der Waals surface area contributed by atoms with Gasteiger partial charge >= 0.3 is 0 Å². The van der Waals surface area contributed by atoms with Crippen LogP contribution in [0.4, 0.5) is 5.69 Å². The van der Waals surface area contributed by atoms with Crippen LogP contribution in [0.1, 0.15) is 10.4 Å². The molecule has 0 unspecified atom stereocenters. The molecule has 2 N–H and O–H groups in total. The molecular weight excluding hydrogens is 385 g/mol. The average molecular weight is 392 g/mol. The van der Waals surface area contributed by atoms with Crippen LogP contribution in [0.2, 0.25) is 0 Å². The van der Waals surface area contributed by atoms with Crippen molar-refractivity contribution in [2.75, 3.05) is 5.32 Å². The Morgan fingerprint density at radius 1 is 1.50 bits per heavy atom. The highest BCUT2D eigenvalue weighted by molar-refractivity contribution is 14.1. The van der Waals surface area contributed by atoms with Crippen LogP contribution in [0.25, 0.3) is 0 Å². The van der Waals surface area contributed by atoms with Crippen LogP contribution in [-0.4, -0.2) is 16.1 Å². The van der Waals surface area contributed by atoms with Gasteiger partial charge in [-0.1, -0.05) is 15.9 Å². The van der Waals surface area contributed by atoms with Crippen LogP contribution in [0.3, 0.4) is 0 Å². The number of aromatic nitrogens is 2. The fraction of sp³-hybridized carbons (Fsp3) is 0. The lowest BCUT2D eigenvalue weighted by atomic mass is 10.2. The molecule has 16 heavy (non-hydrogen) atoms. The summed E-state index contributed by atoms with van der Waals surface area (Å²) in [5.41, 5.74) is 1.29. The number of halogens is 2. The first-order valence-corrected chi connectivity index (χ1v) is 6.29. The summed E-state index contributed by atoms with van der Waals surface area (Å²) in [6.07, 6.45) is 3.19. The van der Waals surface area contributed by atoms with Gasteiger partial charge in [-0.15, -0.1) is 0 Å². The van der Waals surface area contributed by atoms with Crippen molar-refractivity contribution in [3.8, 4) is 0 Å². The molecule has 2 rings (SSSR count). The van der Waals surface area contributed by atoms with Gasteiger partial charge in [0.05, 0.1) is 17.4 Å². The van der Waals surface area contributed by atoms with Crippen LogP contribution < -0.4 is 5.32 Å². The summed E-state index contributed by atoms with van der Waals surface area (Å²) in [6, 6.07) is 5.57. The van der Waals surface area contributed by atoms with E-state index in [1.807, 2.05) is 12.1 Å². The third-order valence-electron chi connectivity index (χ3n) is 1.93. The van der Waals surface area contributed by atoms with Crippen molar-refractivity contribution in [1.82, 2.24) is 10.2 Å². The van der Waals surface area contributed by atoms with Gasteiger partial charge in [0.25, 0.3) is 5.91 Å². The Morgan fingerprint density at radius 2 is 2.31 bits per heavy atom. The van der Waals surface area contributed by atoms with Crippen molar-refractivity contribution in [1.29, 1.82) is 0 Å². The smallest absolute Gasteiger partial charge is 0.256 e. The van der Waals surface area contributed by atoms with E-state index in [0.29, 0.717) is 11.3 Å². The van der Waals surface area contributed by atoms with Gasteiger partial charge < -0.3 is 5.32 Å². The SMILES string of the molecule is O=C(Nc1cn[nH]c1)c1cc(Br)ccc1I. The zero-order chi connectivity index (χ0) is 11.5. The Kier molecular flexibility index (Phi) is 3.59. The van der Waals surface area contributed by atoms with Crippen molar-refractivity contribution in [3.05, 3.63) is 44.2 Å². The largest absolute Gasteiger partial charge is 0.319 e. The minimum atomic E-state index is -0.146. The average Bonchev–Trinajstić information content (AvgIpc) is 2.74. The van der Waals surface area contributed by atoms with Gasteiger partial charge in [-0.05, 0) is 40.8 Å². The second-order valence-corrected chi connectivity index (χ2v) is 5.14. The van der Waals surface area contributed by atoms with Crippen LogP contribution >= 0.6 is 38.5 Å². The first kappa shape index (κ1) is 11.6. The Balaban J connectivity index is 2.24. The van der Waals surface area contributed by atoms with Gasteiger partial charge in [-0.2, -0.15) is 5.10 Å². The Bertz CT molecular complexity index is 513. The molecule has 0 atom stereocenters. The van der Waals surface area contributed by atoms with Crippen molar-refractivity contribution in [3.63, 3.8) is 0 Å². The maximum atomic E-state index is 11.9. The minimum Gasteiger partial charge on any atom is -0.319 e. The third kappa shape index (κ3) is 2.62. The third-order valence-corrected chi connectivity index (χ3v) is 3.36. The molecule has 0 fully saturated rings. The van der Waals surface area contributed by atoms with E-state index < -0.39 is 0 Å². The number of rotatable bonds is 2. The Labute approximate surface area is 114 Å². The lowest BCUT2D eigenvalue weighted by Crippen LogP contribution is -2.12. The molecule has 1 aromatic carbocycles. The van der Waals surface area contributed by atoms with Crippen LogP contribution in [0.15, 0.2) is 35.1 Å². The molecule has 0 aliphatic carbocycles. The first-order valence-electron chi connectivity index (χ1n) is 4.42. The number of amides is 1. The lowest BCUT2D eigenvalue weighted by molar-refractivity contribution is 0.102. The number of hydrogen-bond donors (Lipinski definition) is 2. The summed E-state index contributed by atoms with van der Waals surface area (Å²) >= 11 is 5.47. The maximum absolute atomic E-state index is 11.9. The van der Waals surface area contributed by atoms with E-state index >= 15 is 0 Å². The fourth-order valence-electron chi connectivity index (χ4n) is 1.19. The summed E-state index contributed by atoms with van der Waals surface area (Å²) in [4.78, 5) is 11.9. The molecule has 0 bridgehead atoms. The number of anilines is 1. The number of carbonyl (C=O) groups is 1. The van der Waals surface area contributed by atoms with Gasteiger partial charge in [0.2, 0.25) is 0 Å². The van der Waals surface area contributed by atoms with Crippen molar-refractivity contribution >= 4 is 50.1 Å². The number of nitrogens with zero attached hydrogens (tertiary/aromatic N) is 1. The fourth-order valence-corrected chi connectivity index (χ4v) is 2.13. The maximum Gasteiger partial charge on any atom is 0.256 e. The van der Waals surface area contributed by atoms with Gasteiger partial charge in [-0.25, -0.2) is 0 Å². The topological polar surface area (TPSA) is 57.8 Å². The number of carbonyl (C=O) groups excluding carboxylic acids is 1. The molecule has 0 radical (unpaired) electrons. The summed E-state index contributed by atoms with van der Waals surface area (Å²) in [6.45, 7) is 0. The first-order chi connectivity index (χ1) is 7.66. The summed E-state index contributed by atoms with van der Waals surface area (Å²) in [5, 5.41) is 9.14. The molecule has 0 aliphatic rings. The molecule has 1 aromatic heterocycles. The zero-order valence-electron chi connectivity index (χ0n) is 8.00. The molecule has 1 heterocycles. The van der Waals surface area contributed by atoms with Crippen LogP contribution in [-0.2, 0) is 0 Å². The molecule has 82 valence electrons. The summed E-state index contributed by atoms with van der Waals surface area (Å²) in [7, 11) is 0. The highest BCUT2D eigenvalue weighted by atomic mass is 127. The summed E-state index contributed by atoms with van der Waals surface area (Å²) in [5.74, 6) is -0.146. The standard InChI is InChI=1S/C10H7BrIN3O/c11-6-1-2-9(12)8(3-6)10(16)15-7-4-13-14-5-7/h1-5H,(H,13,14)(H,15,16). The van der Waals surface area contributed by atoms with Gasteiger partial charge in [0.1, 0.15) is 0 Å². The number of H-pyrrole nitrogens is 1. The predicted octanol–water partition coefficient (Wildman–Crippen LogP) is 3.03. The van der Waals surface area contributed by atoms with E-state index in [1.54, 1.807) is 18.5 Å². The predicted molar refractivity (Wildman–Crippen MR) is 73.4 cm³/mol. The highest BCUT2D eigenvalue weighted by Crippen LogP contribution is 2.19. The lowest BCUT2D eigenvalue weighted by Gasteiger charge is -2.05. The molecule has 0 spiro atoms. The van der Waals surface area contributed by atoms with E-state index in [9.17, 15) is 4.79 Å². The van der Waals surface area contributed by atoms with E-state index in [-0.39, 0.29) is 5.91 Å². The molecular formula is C10H7BrIN3O. The second kappa shape index (κ2) is 4.96. The van der Waals surface area contributed by atoms with Gasteiger partial charge in [0, 0.05) is 14.2 Å². The normalized spacial score (nSPS) is 10.1. The number of nitrogens with one attached hydrogen (secondary N) is 2. The quantitative estimate of drug-likeness (QED) is 0.773. The van der Waals surface area contributed by atoms with Crippen molar-refractivity contribution in [2.45, 2.75) is 0 Å². The van der Waals surface area contributed by atoms with Gasteiger partial charge in [-0.3, -0.25) is 9.89 Å². The molecule has 6 heteroatoms. The number of hydrogen-bond acceptors (Lipinski definition) is 2. The zero-order valence-corrected chi connectivity index (χ0v) is 11.7. The van der Waals surface area contributed by atoms with Crippen molar-refractivity contribution < 1.29 is 4.79 Å². The molecule has 0 saturated heterocycles. The van der Waals surface area contributed by atoms with Crippen LogP contribution in [0, 0.1) is 3.57 Å². The molecule has 1 amide bonds. The van der Waals surface area contributed by atoms with E-state index in [0.717, 1.165) is 8.04 Å². The second-order valence-electron chi connectivity index (χ2n) is 3.07. The van der Waals surface area contributed by atoms with Crippen molar-refractivity contribution in [2.24, 2.45) is 0 Å². The Hall–Kier alpha value is -0.890. The summed E-state index contributed by atoms with van der Waals surface area (Å²) < 4.78 is 1.78. The van der Waals surface area contributed by atoms with E-state index in [2.05, 4.69) is 54.0 Å². The van der Waals surface area contributed by atoms with E-state index in [4.69, 9.17) is 0 Å². The monoisotopic (exact) mass is 391 g/mol.